The van der Waals surface area contributed by atoms with Crippen LogP contribution in [-0.2, 0) is 0 Å². The van der Waals surface area contributed by atoms with Crippen LogP contribution in [0, 0.1) is 0 Å². The number of anilines is 1. The second kappa shape index (κ2) is 8.67. The zero-order chi connectivity index (χ0) is 9.36. The van der Waals surface area contributed by atoms with Gasteiger partial charge in [0, 0.05) is 14.1 Å². The summed E-state index contributed by atoms with van der Waals surface area (Å²) in [5.41, 5.74) is 6.18. The molecule has 2 rings (SSSR count). The molecule has 1 aromatic carbocycles. The average molecular weight is 189 g/mol. The topological polar surface area (TPSA) is 26.0 Å². The van der Waals surface area contributed by atoms with Crippen LogP contribution in [0.5, 0.6) is 0 Å². The lowest BCUT2D eigenvalue weighted by atomic mass is 10.0. The third kappa shape index (κ3) is 6.58. The fourth-order valence-corrected chi connectivity index (χ4v) is 1.51. The molecule has 2 heteroatoms. The van der Waals surface area contributed by atoms with Crippen LogP contribution in [0.15, 0.2) is 30.3 Å². The Labute approximate surface area is 89.3 Å². The van der Waals surface area contributed by atoms with Gasteiger partial charge in [0.25, 0.3) is 0 Å². The van der Waals surface area contributed by atoms with E-state index in [0.717, 1.165) is 5.69 Å². The summed E-state index contributed by atoms with van der Waals surface area (Å²) in [6, 6.07) is 9.49. The minimum absolute atomic E-state index is 0. The van der Waals surface area contributed by atoms with Crippen LogP contribution in [0.4, 0.5) is 5.69 Å². The number of hydrogen-bond donors (Lipinski definition) is 1. The largest absolute Gasteiger partial charge is 0.399 e. The van der Waals surface area contributed by atoms with E-state index in [2.05, 4.69) is 0 Å². The highest BCUT2D eigenvalue weighted by Gasteiger charge is 1.95. The molecular weight excluding hydrogens is 169 g/mol. The van der Waals surface area contributed by atoms with Crippen molar-refractivity contribution in [2.75, 3.05) is 5.73 Å². The van der Waals surface area contributed by atoms with Gasteiger partial charge in [-0.2, -0.15) is 0 Å². The first-order valence-electron chi connectivity index (χ1n) is 5.20. The van der Waals surface area contributed by atoms with Gasteiger partial charge in [-0.05, 0) is 12.1 Å². The molecule has 0 atom stereocenters. The molecule has 0 spiro atoms. The van der Waals surface area contributed by atoms with Gasteiger partial charge in [-0.25, -0.2) is 0 Å². The Bertz CT molecular complexity index is 195. The van der Waals surface area contributed by atoms with Gasteiger partial charge in [0.2, 0.25) is 0 Å². The standard InChI is InChI=1S/C6H7N.C6H12.BH/c7-6-4-2-1-3-5-6;1-2-4-6-5-3-1;/h1-5H,7H2;1-6H2;1H. The van der Waals surface area contributed by atoms with E-state index in [1.807, 2.05) is 30.3 Å². The van der Waals surface area contributed by atoms with Gasteiger partial charge in [-0.1, -0.05) is 56.7 Å². The van der Waals surface area contributed by atoms with Crippen LogP contribution in [-0.4, -0.2) is 8.41 Å². The van der Waals surface area contributed by atoms with E-state index >= 15 is 0 Å². The SMILES string of the molecule is C1CCCCC1.Nc1ccccc1.[BH]. The van der Waals surface area contributed by atoms with Crippen molar-refractivity contribution in [3.8, 4) is 0 Å². The summed E-state index contributed by atoms with van der Waals surface area (Å²) in [6.07, 6.45) is 9.00. The first-order valence-corrected chi connectivity index (χ1v) is 5.20. The van der Waals surface area contributed by atoms with Gasteiger partial charge in [0.15, 0.2) is 0 Å². The molecular formula is C12H20BN. The lowest BCUT2D eigenvalue weighted by Gasteiger charge is -2.05. The normalized spacial score (nSPS) is 14.6. The molecule has 2 radical (unpaired) electrons. The Balaban J connectivity index is 0.000000227. The average Bonchev–Trinajstić information content (AvgIpc) is 2.22. The van der Waals surface area contributed by atoms with Crippen molar-refractivity contribution in [2.24, 2.45) is 0 Å². The number of para-hydroxylation sites is 1. The monoisotopic (exact) mass is 189 g/mol. The van der Waals surface area contributed by atoms with Crippen LogP contribution in [0.25, 0.3) is 0 Å². The highest BCUT2D eigenvalue weighted by atomic mass is 14.5. The van der Waals surface area contributed by atoms with Gasteiger partial charge in [0.05, 0.1) is 0 Å². The third-order valence-electron chi connectivity index (χ3n) is 2.30. The van der Waals surface area contributed by atoms with Crippen molar-refractivity contribution in [1.82, 2.24) is 0 Å². The van der Waals surface area contributed by atoms with Crippen molar-refractivity contribution in [1.29, 1.82) is 0 Å². The number of hydrogen-bond acceptors (Lipinski definition) is 1. The maximum Gasteiger partial charge on any atom is 0.0379 e. The second-order valence-electron chi connectivity index (χ2n) is 3.53. The van der Waals surface area contributed by atoms with Crippen molar-refractivity contribution < 1.29 is 0 Å². The van der Waals surface area contributed by atoms with E-state index < -0.39 is 0 Å². The van der Waals surface area contributed by atoms with E-state index in [1.165, 1.54) is 38.5 Å². The molecule has 0 saturated heterocycles. The van der Waals surface area contributed by atoms with Crippen molar-refractivity contribution in [3.63, 3.8) is 0 Å². The quantitative estimate of drug-likeness (QED) is 0.492. The van der Waals surface area contributed by atoms with E-state index in [9.17, 15) is 0 Å². The highest BCUT2D eigenvalue weighted by Crippen LogP contribution is 2.15. The Morgan fingerprint density at radius 3 is 1.29 bits per heavy atom. The molecule has 0 unspecified atom stereocenters. The number of nitrogen functional groups attached to an aromatic ring is 1. The van der Waals surface area contributed by atoms with E-state index in [4.69, 9.17) is 5.73 Å². The highest BCUT2D eigenvalue weighted by molar-refractivity contribution is 5.75. The van der Waals surface area contributed by atoms with Gasteiger partial charge in [0.1, 0.15) is 0 Å². The van der Waals surface area contributed by atoms with Crippen LogP contribution >= 0.6 is 0 Å². The molecule has 76 valence electrons. The molecule has 1 aliphatic carbocycles. The van der Waals surface area contributed by atoms with E-state index in [-0.39, 0.29) is 8.41 Å². The summed E-state index contributed by atoms with van der Waals surface area (Å²) in [6.45, 7) is 0. The molecule has 0 aromatic heterocycles. The summed E-state index contributed by atoms with van der Waals surface area (Å²) in [5.74, 6) is 0. The lowest BCUT2D eigenvalue weighted by molar-refractivity contribution is 0.504. The van der Waals surface area contributed by atoms with Gasteiger partial charge >= 0.3 is 0 Å². The first-order chi connectivity index (χ1) is 6.39. The minimum Gasteiger partial charge on any atom is -0.399 e. The van der Waals surface area contributed by atoms with Gasteiger partial charge < -0.3 is 5.73 Å². The summed E-state index contributed by atoms with van der Waals surface area (Å²) >= 11 is 0. The lowest BCUT2D eigenvalue weighted by Crippen LogP contribution is -1.85. The fraction of sp³-hybridized carbons (Fsp3) is 0.500. The number of nitrogens with two attached hydrogens (primary N) is 1. The zero-order valence-corrected chi connectivity index (χ0v) is 8.91. The van der Waals surface area contributed by atoms with Crippen molar-refractivity contribution in [2.45, 2.75) is 38.5 Å². The Morgan fingerprint density at radius 1 is 0.714 bits per heavy atom. The Kier molecular flexibility index (Phi) is 8.11. The summed E-state index contributed by atoms with van der Waals surface area (Å²) in [4.78, 5) is 0. The molecule has 0 heterocycles. The maximum atomic E-state index is 5.36. The van der Waals surface area contributed by atoms with Crippen molar-refractivity contribution >= 4 is 14.1 Å². The molecule has 0 bridgehead atoms. The Hall–Kier alpha value is -0.915. The first kappa shape index (κ1) is 13.1. The molecule has 1 aliphatic rings. The second-order valence-corrected chi connectivity index (χ2v) is 3.53. The fourth-order valence-electron chi connectivity index (χ4n) is 1.51. The molecule has 1 fully saturated rings. The third-order valence-corrected chi connectivity index (χ3v) is 2.30. The van der Waals surface area contributed by atoms with E-state index in [0.29, 0.717) is 0 Å². The number of benzene rings is 1. The summed E-state index contributed by atoms with van der Waals surface area (Å²) in [5, 5.41) is 0. The molecule has 1 saturated carbocycles. The van der Waals surface area contributed by atoms with Crippen LogP contribution in [0.2, 0.25) is 0 Å². The van der Waals surface area contributed by atoms with Crippen LogP contribution in [0.1, 0.15) is 38.5 Å². The predicted octanol–water partition coefficient (Wildman–Crippen LogP) is 2.96. The molecule has 14 heavy (non-hydrogen) atoms. The van der Waals surface area contributed by atoms with Crippen LogP contribution in [0.3, 0.4) is 0 Å². The zero-order valence-electron chi connectivity index (χ0n) is 8.91. The Morgan fingerprint density at radius 2 is 1.07 bits per heavy atom. The molecule has 0 aliphatic heterocycles. The molecule has 1 nitrogen and oxygen atoms in total. The molecule has 1 aromatic rings. The van der Waals surface area contributed by atoms with Crippen LogP contribution < -0.4 is 5.73 Å². The summed E-state index contributed by atoms with van der Waals surface area (Å²) in [7, 11) is 0. The summed E-state index contributed by atoms with van der Waals surface area (Å²) < 4.78 is 0. The van der Waals surface area contributed by atoms with Gasteiger partial charge in [-0.15, -0.1) is 0 Å². The maximum absolute atomic E-state index is 5.36. The van der Waals surface area contributed by atoms with Gasteiger partial charge in [-0.3, -0.25) is 0 Å². The number of rotatable bonds is 0. The minimum atomic E-state index is 0. The smallest absolute Gasteiger partial charge is 0.0379 e. The molecule has 0 amide bonds. The van der Waals surface area contributed by atoms with E-state index in [1.54, 1.807) is 0 Å². The molecule has 2 N–H and O–H groups in total. The predicted molar refractivity (Wildman–Crippen MR) is 65.7 cm³/mol. The van der Waals surface area contributed by atoms with Crippen molar-refractivity contribution in [3.05, 3.63) is 30.3 Å².